The Morgan fingerprint density at radius 2 is 1.41 bits per heavy atom. The first kappa shape index (κ1) is 18.9. The second-order valence-electron chi connectivity index (χ2n) is 6.04. The summed E-state index contributed by atoms with van der Waals surface area (Å²) in [5.74, 6) is -0.401. The van der Waals surface area contributed by atoms with E-state index < -0.39 is 21.9 Å². The minimum atomic E-state index is -3.98. The standard InChI is InChI=1S/C21H18FNO3S/c1-23(27(25,26)20-10-6-5-9-18(20)15-24)21(16-7-3-2-4-8-16)17-11-13-19(22)14-12-17/h2-15,21H,1H3. The third kappa shape index (κ3) is 3.82. The third-order valence-corrected chi connectivity index (χ3v) is 6.26. The van der Waals surface area contributed by atoms with Gasteiger partial charge in [-0.25, -0.2) is 12.8 Å². The predicted octanol–water partition coefficient (Wildman–Crippen LogP) is 4.05. The lowest BCUT2D eigenvalue weighted by molar-refractivity contribution is 0.112. The van der Waals surface area contributed by atoms with E-state index in [0.29, 0.717) is 11.8 Å². The number of rotatable bonds is 6. The summed E-state index contributed by atoms with van der Waals surface area (Å²) in [7, 11) is -2.52. The molecule has 0 heterocycles. The predicted molar refractivity (Wildman–Crippen MR) is 101 cm³/mol. The summed E-state index contributed by atoms with van der Waals surface area (Å²) in [4.78, 5) is 11.3. The Kier molecular flexibility index (Phi) is 5.48. The van der Waals surface area contributed by atoms with Crippen LogP contribution < -0.4 is 0 Å². The van der Waals surface area contributed by atoms with Gasteiger partial charge in [0, 0.05) is 12.6 Å². The average Bonchev–Trinajstić information content (AvgIpc) is 2.70. The van der Waals surface area contributed by atoms with Gasteiger partial charge in [-0.2, -0.15) is 4.31 Å². The number of benzene rings is 3. The van der Waals surface area contributed by atoms with Crippen LogP contribution in [-0.2, 0) is 10.0 Å². The van der Waals surface area contributed by atoms with Crippen molar-refractivity contribution < 1.29 is 17.6 Å². The summed E-state index contributed by atoms with van der Waals surface area (Å²) in [6.45, 7) is 0. The van der Waals surface area contributed by atoms with Crippen molar-refractivity contribution in [3.8, 4) is 0 Å². The van der Waals surface area contributed by atoms with Crippen molar-refractivity contribution in [2.75, 3.05) is 7.05 Å². The average molecular weight is 383 g/mol. The van der Waals surface area contributed by atoms with Crippen molar-refractivity contribution in [1.29, 1.82) is 0 Å². The smallest absolute Gasteiger partial charge is 0.244 e. The highest BCUT2D eigenvalue weighted by atomic mass is 32.2. The van der Waals surface area contributed by atoms with Crippen molar-refractivity contribution in [1.82, 2.24) is 4.31 Å². The number of carbonyl (C=O) groups excluding carboxylic acids is 1. The molecule has 0 radical (unpaired) electrons. The van der Waals surface area contributed by atoms with E-state index in [-0.39, 0.29) is 10.5 Å². The third-order valence-electron chi connectivity index (χ3n) is 4.37. The van der Waals surface area contributed by atoms with E-state index in [9.17, 15) is 17.6 Å². The zero-order valence-corrected chi connectivity index (χ0v) is 15.4. The van der Waals surface area contributed by atoms with Crippen LogP contribution >= 0.6 is 0 Å². The number of carbonyl (C=O) groups is 1. The molecule has 0 N–H and O–H groups in total. The van der Waals surface area contributed by atoms with Crippen molar-refractivity contribution >= 4 is 16.3 Å². The molecule has 0 saturated heterocycles. The minimum Gasteiger partial charge on any atom is -0.298 e. The van der Waals surface area contributed by atoms with Crippen molar-refractivity contribution in [2.24, 2.45) is 0 Å². The zero-order valence-electron chi connectivity index (χ0n) is 14.6. The topological polar surface area (TPSA) is 54.5 Å². The second-order valence-corrected chi connectivity index (χ2v) is 8.01. The van der Waals surface area contributed by atoms with Gasteiger partial charge in [0.25, 0.3) is 0 Å². The number of hydrogen-bond donors (Lipinski definition) is 0. The molecule has 0 aliphatic carbocycles. The molecule has 0 amide bonds. The zero-order chi connectivity index (χ0) is 19.4. The molecule has 0 bridgehead atoms. The lowest BCUT2D eigenvalue weighted by Crippen LogP contribution is -2.32. The van der Waals surface area contributed by atoms with E-state index in [2.05, 4.69) is 0 Å². The Hall–Kier alpha value is -2.83. The second kappa shape index (κ2) is 7.82. The Balaban J connectivity index is 2.14. The van der Waals surface area contributed by atoms with E-state index >= 15 is 0 Å². The molecule has 3 aromatic rings. The van der Waals surface area contributed by atoms with Crippen molar-refractivity contribution in [2.45, 2.75) is 10.9 Å². The fourth-order valence-corrected chi connectivity index (χ4v) is 4.50. The maximum Gasteiger partial charge on any atom is 0.244 e. The van der Waals surface area contributed by atoms with E-state index in [1.807, 2.05) is 30.3 Å². The van der Waals surface area contributed by atoms with E-state index in [1.54, 1.807) is 24.3 Å². The molecule has 0 aliphatic rings. The van der Waals surface area contributed by atoms with Gasteiger partial charge in [0.2, 0.25) is 10.0 Å². The van der Waals surface area contributed by atoms with Crippen molar-refractivity contribution in [3.63, 3.8) is 0 Å². The normalized spacial score (nSPS) is 12.7. The summed E-state index contributed by atoms with van der Waals surface area (Å²) in [5, 5.41) is 0. The molecule has 3 aromatic carbocycles. The first-order valence-electron chi connectivity index (χ1n) is 8.28. The van der Waals surface area contributed by atoms with Gasteiger partial charge in [-0.15, -0.1) is 0 Å². The molecule has 0 aliphatic heterocycles. The minimum absolute atomic E-state index is 0.0643. The Labute approximate surface area is 157 Å². The summed E-state index contributed by atoms with van der Waals surface area (Å²) in [6, 6.07) is 20.2. The number of hydrogen-bond acceptors (Lipinski definition) is 3. The highest BCUT2D eigenvalue weighted by Gasteiger charge is 2.31. The van der Waals surface area contributed by atoms with Gasteiger partial charge in [0.1, 0.15) is 5.82 Å². The summed E-state index contributed by atoms with van der Waals surface area (Å²) < 4.78 is 41.1. The highest BCUT2D eigenvalue weighted by molar-refractivity contribution is 7.89. The summed E-state index contributed by atoms with van der Waals surface area (Å²) in [5.41, 5.74) is 1.45. The molecule has 4 nitrogen and oxygen atoms in total. The molecule has 6 heteroatoms. The first-order chi connectivity index (χ1) is 12.9. The van der Waals surface area contributed by atoms with Crippen LogP contribution in [0.2, 0.25) is 0 Å². The van der Waals surface area contributed by atoms with Crippen LogP contribution in [0.15, 0.2) is 83.8 Å². The van der Waals surface area contributed by atoms with E-state index in [1.165, 1.54) is 35.6 Å². The van der Waals surface area contributed by atoms with Crippen molar-refractivity contribution in [3.05, 3.63) is 101 Å². The maximum absolute atomic E-state index is 13.4. The van der Waals surface area contributed by atoms with Crippen LogP contribution in [0.25, 0.3) is 0 Å². The quantitative estimate of drug-likeness (QED) is 0.604. The van der Waals surface area contributed by atoms with Gasteiger partial charge in [0.15, 0.2) is 6.29 Å². The van der Waals surface area contributed by atoms with Crippen LogP contribution in [0.5, 0.6) is 0 Å². The molecular weight excluding hydrogens is 365 g/mol. The monoisotopic (exact) mass is 383 g/mol. The molecule has 0 saturated carbocycles. The number of sulfonamides is 1. The first-order valence-corrected chi connectivity index (χ1v) is 9.72. The van der Waals surface area contributed by atoms with Crippen LogP contribution in [0.4, 0.5) is 4.39 Å². The molecule has 1 unspecified atom stereocenters. The molecule has 27 heavy (non-hydrogen) atoms. The highest BCUT2D eigenvalue weighted by Crippen LogP contribution is 2.32. The Bertz CT molecular complexity index is 1030. The van der Waals surface area contributed by atoms with Gasteiger partial charge in [-0.3, -0.25) is 4.79 Å². The Morgan fingerprint density at radius 1 is 0.852 bits per heavy atom. The molecule has 0 fully saturated rings. The van der Waals surface area contributed by atoms with Crippen LogP contribution in [0.1, 0.15) is 27.5 Å². The fraction of sp³-hybridized carbons (Fsp3) is 0.0952. The van der Waals surface area contributed by atoms with Gasteiger partial charge >= 0.3 is 0 Å². The maximum atomic E-state index is 13.4. The molecule has 3 rings (SSSR count). The molecule has 0 spiro atoms. The molecular formula is C21H18FNO3S. The van der Waals surface area contributed by atoms with Crippen LogP contribution in [0.3, 0.4) is 0 Å². The van der Waals surface area contributed by atoms with Crippen LogP contribution in [0, 0.1) is 5.82 Å². The number of halogens is 1. The molecule has 1 atom stereocenters. The largest absolute Gasteiger partial charge is 0.298 e. The van der Waals surface area contributed by atoms with Gasteiger partial charge in [0.05, 0.1) is 10.9 Å². The Morgan fingerprint density at radius 3 is 2.04 bits per heavy atom. The SMILES string of the molecule is CN(C(c1ccccc1)c1ccc(F)cc1)S(=O)(=O)c1ccccc1C=O. The molecule has 0 aromatic heterocycles. The van der Waals surface area contributed by atoms with Crippen LogP contribution in [-0.4, -0.2) is 26.1 Å². The fourth-order valence-electron chi connectivity index (χ4n) is 3.00. The number of aldehydes is 1. The molecule has 138 valence electrons. The lowest BCUT2D eigenvalue weighted by atomic mass is 9.99. The summed E-state index contributed by atoms with van der Waals surface area (Å²) >= 11 is 0. The van der Waals surface area contributed by atoms with E-state index in [4.69, 9.17) is 0 Å². The lowest BCUT2D eigenvalue weighted by Gasteiger charge is -2.29. The van der Waals surface area contributed by atoms with Gasteiger partial charge < -0.3 is 0 Å². The number of nitrogens with zero attached hydrogens (tertiary/aromatic N) is 1. The van der Waals surface area contributed by atoms with E-state index in [0.717, 1.165) is 5.56 Å². The van der Waals surface area contributed by atoms with Gasteiger partial charge in [-0.1, -0.05) is 60.7 Å². The van der Waals surface area contributed by atoms with Gasteiger partial charge in [-0.05, 0) is 29.3 Å². The summed E-state index contributed by atoms with van der Waals surface area (Å²) in [6.07, 6.45) is 0.524.